The van der Waals surface area contributed by atoms with Crippen molar-refractivity contribution in [1.29, 1.82) is 0 Å². The molecule has 2 heteroatoms. The predicted octanol–water partition coefficient (Wildman–Crippen LogP) is 2.51. The van der Waals surface area contributed by atoms with Gasteiger partial charge in [-0.1, -0.05) is 38.8 Å². The van der Waals surface area contributed by atoms with Crippen LogP contribution in [0.25, 0.3) is 0 Å². The van der Waals surface area contributed by atoms with E-state index in [9.17, 15) is 0 Å². The van der Waals surface area contributed by atoms with Gasteiger partial charge in [0.1, 0.15) is 0 Å². The molecule has 0 saturated carbocycles. The molecule has 1 saturated heterocycles. The summed E-state index contributed by atoms with van der Waals surface area (Å²) in [5, 5.41) is 0. The molecule has 2 bridgehead atoms. The Morgan fingerprint density at radius 2 is 1.75 bits per heavy atom. The lowest BCUT2D eigenvalue weighted by Crippen LogP contribution is -2.38. The van der Waals surface area contributed by atoms with Crippen molar-refractivity contribution in [1.82, 2.24) is 4.31 Å². The van der Waals surface area contributed by atoms with Crippen molar-refractivity contribution in [2.45, 2.75) is 38.8 Å². The minimum absolute atomic E-state index is 0.611. The Bertz CT molecular complexity index is 184. The summed E-state index contributed by atoms with van der Waals surface area (Å²) in [7, 11) is 0. The van der Waals surface area contributed by atoms with Crippen LogP contribution in [0.15, 0.2) is 12.2 Å². The van der Waals surface area contributed by atoms with Crippen molar-refractivity contribution in [3.05, 3.63) is 12.2 Å². The molecule has 2 aliphatic rings. The maximum atomic E-state index is 4.49. The lowest BCUT2D eigenvalue weighted by Gasteiger charge is -2.37. The fourth-order valence-electron chi connectivity index (χ4n) is 2.31. The first-order valence-electron chi connectivity index (χ1n) is 4.84. The van der Waals surface area contributed by atoms with Gasteiger partial charge in [-0.2, -0.15) is 0 Å². The largest absolute Gasteiger partial charge is 0.239 e. The van der Waals surface area contributed by atoms with E-state index in [1.54, 1.807) is 0 Å². The van der Waals surface area contributed by atoms with Crippen LogP contribution >= 0.6 is 12.8 Å². The molecule has 2 heterocycles. The zero-order valence-electron chi connectivity index (χ0n) is 7.77. The third-order valence-electron chi connectivity index (χ3n) is 3.27. The molecule has 0 aromatic rings. The number of fused-ring (bicyclic) bond motifs is 2. The van der Waals surface area contributed by atoms with Gasteiger partial charge in [-0.05, 0) is 24.7 Å². The van der Waals surface area contributed by atoms with Gasteiger partial charge in [0, 0.05) is 12.1 Å². The highest BCUT2D eigenvalue weighted by atomic mass is 32.1. The fourth-order valence-corrected chi connectivity index (χ4v) is 2.66. The van der Waals surface area contributed by atoms with Gasteiger partial charge < -0.3 is 0 Å². The average molecular weight is 183 g/mol. The summed E-state index contributed by atoms with van der Waals surface area (Å²) < 4.78 is 2.21. The van der Waals surface area contributed by atoms with E-state index in [2.05, 4.69) is 43.1 Å². The fraction of sp³-hybridized carbons (Fsp3) is 0.800. The molecule has 12 heavy (non-hydrogen) atoms. The van der Waals surface area contributed by atoms with Crippen LogP contribution in [0.2, 0.25) is 0 Å². The Kier molecular flexibility index (Phi) is 2.21. The van der Waals surface area contributed by atoms with Gasteiger partial charge in [0.05, 0.1) is 0 Å². The summed E-state index contributed by atoms with van der Waals surface area (Å²) >= 11 is 4.49. The molecule has 68 valence electrons. The van der Waals surface area contributed by atoms with Gasteiger partial charge >= 0.3 is 0 Å². The van der Waals surface area contributed by atoms with Gasteiger partial charge in [-0.3, -0.25) is 0 Å². The average Bonchev–Trinajstić information content (AvgIpc) is 2.30. The lowest BCUT2D eigenvalue weighted by atomic mass is 9.83. The maximum Gasteiger partial charge on any atom is 0.0390 e. The van der Waals surface area contributed by atoms with Crippen molar-refractivity contribution in [2.24, 2.45) is 11.8 Å². The van der Waals surface area contributed by atoms with E-state index >= 15 is 0 Å². The smallest absolute Gasteiger partial charge is 0.0390 e. The highest BCUT2D eigenvalue weighted by Gasteiger charge is 2.36. The monoisotopic (exact) mass is 183 g/mol. The van der Waals surface area contributed by atoms with E-state index in [-0.39, 0.29) is 0 Å². The van der Waals surface area contributed by atoms with E-state index in [1.165, 1.54) is 12.8 Å². The minimum atomic E-state index is 0.611. The number of hydrogen-bond donors (Lipinski definition) is 1. The first-order valence-corrected chi connectivity index (χ1v) is 5.24. The van der Waals surface area contributed by atoms with Crippen LogP contribution in [0.1, 0.15) is 26.7 Å². The normalized spacial score (nSPS) is 41.2. The first-order chi connectivity index (χ1) is 5.68. The van der Waals surface area contributed by atoms with Crippen LogP contribution in [0.5, 0.6) is 0 Å². The molecule has 0 aromatic carbocycles. The second kappa shape index (κ2) is 3.08. The summed E-state index contributed by atoms with van der Waals surface area (Å²) in [6.45, 7) is 4.66. The van der Waals surface area contributed by atoms with Crippen LogP contribution in [0.4, 0.5) is 0 Å². The Morgan fingerprint density at radius 3 is 2.17 bits per heavy atom. The number of rotatable bonds is 1. The lowest BCUT2D eigenvalue weighted by molar-refractivity contribution is 0.184. The number of nitrogens with zero attached hydrogens (tertiary/aromatic N) is 1. The van der Waals surface area contributed by atoms with Crippen molar-refractivity contribution >= 4 is 12.8 Å². The first kappa shape index (κ1) is 8.64. The minimum Gasteiger partial charge on any atom is -0.239 e. The van der Waals surface area contributed by atoms with Crippen molar-refractivity contribution in [3.8, 4) is 0 Å². The SMILES string of the molecule is CC(C)C1C[C@@H]2C=C[C@@H](C1)N2S. The Hall–Kier alpha value is 0.0500. The zero-order valence-corrected chi connectivity index (χ0v) is 8.67. The van der Waals surface area contributed by atoms with Crippen LogP contribution in [0.3, 0.4) is 0 Å². The molecule has 2 aliphatic heterocycles. The van der Waals surface area contributed by atoms with Crippen molar-refractivity contribution < 1.29 is 0 Å². The molecule has 0 unspecified atom stereocenters. The van der Waals surface area contributed by atoms with E-state index in [0.29, 0.717) is 12.1 Å². The second-order valence-corrected chi connectivity index (χ2v) is 4.84. The predicted molar refractivity (Wildman–Crippen MR) is 55.1 cm³/mol. The standard InChI is InChI=1S/C10H17NS/c1-7(2)8-5-9-3-4-10(6-8)11(9)12/h3-4,7-10,12H,5-6H2,1-2H3/t9-,10-/m0/s1. The molecule has 0 spiro atoms. The third-order valence-corrected chi connectivity index (χ3v) is 3.86. The number of thiol groups is 1. The molecule has 0 radical (unpaired) electrons. The Labute approximate surface area is 80.4 Å². The molecule has 0 amide bonds. The molecule has 2 atom stereocenters. The number of piperidine rings is 1. The van der Waals surface area contributed by atoms with E-state index in [1.807, 2.05) is 0 Å². The topological polar surface area (TPSA) is 3.24 Å². The number of hydrogen-bond acceptors (Lipinski definition) is 2. The van der Waals surface area contributed by atoms with E-state index in [4.69, 9.17) is 0 Å². The summed E-state index contributed by atoms with van der Waals surface area (Å²) in [5.74, 6) is 1.73. The van der Waals surface area contributed by atoms with Crippen LogP contribution in [-0.4, -0.2) is 16.4 Å². The summed E-state index contributed by atoms with van der Waals surface area (Å²) in [5.41, 5.74) is 0. The maximum absolute atomic E-state index is 4.49. The van der Waals surface area contributed by atoms with Crippen LogP contribution in [0, 0.1) is 11.8 Å². The van der Waals surface area contributed by atoms with Gasteiger partial charge in [-0.15, -0.1) is 0 Å². The van der Waals surface area contributed by atoms with Gasteiger partial charge in [0.25, 0.3) is 0 Å². The van der Waals surface area contributed by atoms with Crippen LogP contribution in [-0.2, 0) is 0 Å². The molecular formula is C10H17NS. The van der Waals surface area contributed by atoms with Gasteiger partial charge in [0.2, 0.25) is 0 Å². The quantitative estimate of drug-likeness (QED) is 0.483. The zero-order chi connectivity index (χ0) is 8.72. The van der Waals surface area contributed by atoms with E-state index in [0.717, 1.165) is 11.8 Å². The molecule has 0 aliphatic carbocycles. The third kappa shape index (κ3) is 1.31. The molecule has 0 N–H and O–H groups in total. The Morgan fingerprint density at radius 1 is 1.25 bits per heavy atom. The Balaban J connectivity index is 2.06. The molecule has 2 rings (SSSR count). The summed E-state index contributed by atoms with van der Waals surface area (Å²) in [4.78, 5) is 0. The molecule has 1 nitrogen and oxygen atoms in total. The molecule has 0 aromatic heterocycles. The van der Waals surface area contributed by atoms with Crippen molar-refractivity contribution in [3.63, 3.8) is 0 Å². The van der Waals surface area contributed by atoms with Gasteiger partial charge in [-0.25, -0.2) is 4.31 Å². The summed E-state index contributed by atoms with van der Waals surface area (Å²) in [6, 6.07) is 1.22. The molecule has 1 fully saturated rings. The summed E-state index contributed by atoms with van der Waals surface area (Å²) in [6.07, 6.45) is 7.24. The molecular weight excluding hydrogens is 166 g/mol. The van der Waals surface area contributed by atoms with Crippen molar-refractivity contribution in [2.75, 3.05) is 0 Å². The van der Waals surface area contributed by atoms with Crippen LogP contribution < -0.4 is 0 Å². The van der Waals surface area contributed by atoms with E-state index < -0.39 is 0 Å². The highest BCUT2D eigenvalue weighted by molar-refractivity contribution is 7.77. The highest BCUT2D eigenvalue weighted by Crippen LogP contribution is 2.38. The van der Waals surface area contributed by atoms with Gasteiger partial charge in [0.15, 0.2) is 0 Å². The second-order valence-electron chi connectivity index (χ2n) is 4.38.